The molecule has 0 aliphatic heterocycles. The van der Waals surface area contributed by atoms with E-state index < -0.39 is 0 Å². The Morgan fingerprint density at radius 3 is 2.60 bits per heavy atom. The van der Waals surface area contributed by atoms with Crippen molar-refractivity contribution < 1.29 is 0 Å². The van der Waals surface area contributed by atoms with Crippen molar-refractivity contribution in [3.8, 4) is 0 Å². The minimum absolute atomic E-state index is 0.815. The maximum absolute atomic E-state index is 4.29. The Bertz CT molecular complexity index is 426. The molecule has 0 spiro atoms. The van der Waals surface area contributed by atoms with Crippen LogP contribution in [0.25, 0.3) is 0 Å². The molecule has 0 N–H and O–H groups in total. The van der Waals surface area contributed by atoms with Gasteiger partial charge >= 0.3 is 0 Å². The summed E-state index contributed by atoms with van der Waals surface area (Å²) in [5.41, 5.74) is 1.27. The highest BCUT2D eigenvalue weighted by Crippen LogP contribution is 2.28. The predicted octanol–water partition coefficient (Wildman–Crippen LogP) is 3.61. The number of pyridine rings is 1. The van der Waals surface area contributed by atoms with Crippen LogP contribution in [0.4, 0.5) is 0 Å². The summed E-state index contributed by atoms with van der Waals surface area (Å²) in [6, 6.07) is 14.3. The molecule has 1 aromatic carbocycles. The van der Waals surface area contributed by atoms with E-state index in [1.807, 2.05) is 36.5 Å². The Labute approximate surface area is 94.6 Å². The van der Waals surface area contributed by atoms with Crippen molar-refractivity contribution in [2.45, 2.75) is 16.3 Å². The van der Waals surface area contributed by atoms with E-state index in [0.29, 0.717) is 0 Å². The van der Waals surface area contributed by atoms with Crippen LogP contribution in [0.15, 0.2) is 58.6 Å². The molecule has 15 heavy (non-hydrogen) atoms. The normalized spacial score (nSPS) is 10.2. The molecule has 1 aromatic heterocycles. The fourth-order valence-electron chi connectivity index (χ4n) is 1.33. The van der Waals surface area contributed by atoms with Gasteiger partial charge in [-0.25, -0.2) is 4.98 Å². The number of nitrogens with zero attached hydrogens (tertiary/aromatic N) is 1. The fraction of sp³-hybridized carbons (Fsp3) is 0.0769. The van der Waals surface area contributed by atoms with Crippen molar-refractivity contribution >= 4 is 11.8 Å². The average Bonchev–Trinajstić information content (AvgIpc) is 2.31. The summed E-state index contributed by atoms with van der Waals surface area (Å²) in [4.78, 5) is 5.53. The van der Waals surface area contributed by atoms with Gasteiger partial charge in [0.2, 0.25) is 0 Å². The van der Waals surface area contributed by atoms with Gasteiger partial charge in [0.25, 0.3) is 0 Å². The van der Waals surface area contributed by atoms with E-state index in [4.69, 9.17) is 0 Å². The first kappa shape index (κ1) is 10.2. The maximum Gasteiger partial charge on any atom is 0.101 e. The van der Waals surface area contributed by atoms with Gasteiger partial charge in [0.15, 0.2) is 0 Å². The monoisotopic (exact) mass is 214 g/mol. The highest BCUT2D eigenvalue weighted by molar-refractivity contribution is 7.99. The van der Waals surface area contributed by atoms with Crippen molar-refractivity contribution in [3.05, 3.63) is 61.1 Å². The molecule has 1 heterocycles. The van der Waals surface area contributed by atoms with Gasteiger partial charge in [0, 0.05) is 11.1 Å². The third-order valence-corrected chi connectivity index (χ3v) is 3.16. The van der Waals surface area contributed by atoms with Crippen LogP contribution >= 0.6 is 11.8 Å². The Kier molecular flexibility index (Phi) is 3.41. The minimum atomic E-state index is 0.815. The second-order valence-electron chi connectivity index (χ2n) is 3.13. The molecule has 2 rings (SSSR count). The molecular weight excluding hydrogens is 202 g/mol. The van der Waals surface area contributed by atoms with Gasteiger partial charge in [0.05, 0.1) is 0 Å². The van der Waals surface area contributed by atoms with E-state index in [0.717, 1.165) is 11.4 Å². The molecule has 0 saturated carbocycles. The number of hydrogen-bond donors (Lipinski definition) is 0. The van der Waals surface area contributed by atoms with Crippen molar-refractivity contribution in [2.24, 2.45) is 0 Å². The van der Waals surface area contributed by atoms with Crippen LogP contribution in [-0.4, -0.2) is 4.98 Å². The van der Waals surface area contributed by atoms with Gasteiger partial charge in [-0.3, -0.25) is 0 Å². The Balaban J connectivity index is 2.24. The summed E-state index contributed by atoms with van der Waals surface area (Å²) in [6.07, 6.45) is 2.63. The first-order chi connectivity index (χ1) is 7.40. The van der Waals surface area contributed by atoms with E-state index in [9.17, 15) is 0 Å². The zero-order valence-electron chi connectivity index (χ0n) is 8.39. The molecule has 0 aliphatic carbocycles. The standard InChI is InChI=1S/C13H12NS/c1-2-11-7-3-4-8-12(11)15-13-9-5-6-10-14-13/h3-10H,1-2H2. The van der Waals surface area contributed by atoms with E-state index in [2.05, 4.69) is 24.0 Å². The van der Waals surface area contributed by atoms with Gasteiger partial charge in [-0.1, -0.05) is 36.0 Å². The minimum Gasteiger partial charge on any atom is -0.250 e. The second kappa shape index (κ2) is 4.99. The maximum atomic E-state index is 4.29. The molecule has 0 saturated heterocycles. The summed E-state index contributed by atoms with van der Waals surface area (Å²) in [5.74, 6) is 0. The van der Waals surface area contributed by atoms with Gasteiger partial charge in [-0.05, 0) is 37.1 Å². The van der Waals surface area contributed by atoms with Crippen LogP contribution in [0, 0.1) is 6.92 Å². The van der Waals surface area contributed by atoms with Gasteiger partial charge in [-0.2, -0.15) is 0 Å². The highest BCUT2D eigenvalue weighted by Gasteiger charge is 2.02. The second-order valence-corrected chi connectivity index (χ2v) is 4.19. The molecule has 0 fully saturated rings. The summed E-state index contributed by atoms with van der Waals surface area (Å²) < 4.78 is 0. The molecule has 2 heteroatoms. The molecule has 0 bridgehead atoms. The van der Waals surface area contributed by atoms with E-state index in [1.165, 1.54) is 10.5 Å². The summed E-state index contributed by atoms with van der Waals surface area (Å²) in [6.45, 7) is 3.92. The molecule has 2 aromatic rings. The van der Waals surface area contributed by atoms with E-state index in [1.54, 1.807) is 11.8 Å². The third kappa shape index (κ3) is 2.60. The quantitative estimate of drug-likeness (QED) is 0.774. The Hall–Kier alpha value is -1.28. The lowest BCUT2D eigenvalue weighted by Crippen LogP contribution is -1.85. The van der Waals surface area contributed by atoms with Crippen LogP contribution in [0.3, 0.4) is 0 Å². The molecule has 0 atom stereocenters. The number of hydrogen-bond acceptors (Lipinski definition) is 2. The first-order valence-corrected chi connectivity index (χ1v) is 5.68. The summed E-state index contributed by atoms with van der Waals surface area (Å²) in [7, 11) is 0. The summed E-state index contributed by atoms with van der Waals surface area (Å²) in [5, 5.41) is 1.03. The van der Waals surface area contributed by atoms with Gasteiger partial charge in [-0.15, -0.1) is 0 Å². The number of benzene rings is 1. The van der Waals surface area contributed by atoms with Gasteiger partial charge in [0.1, 0.15) is 5.03 Å². The SMILES string of the molecule is [CH2]Cc1ccccc1Sc1ccccn1. The van der Waals surface area contributed by atoms with Crippen LogP contribution in [-0.2, 0) is 6.42 Å². The van der Waals surface area contributed by atoms with Crippen molar-refractivity contribution in [2.75, 3.05) is 0 Å². The number of rotatable bonds is 3. The molecular formula is C13H12NS. The third-order valence-electron chi connectivity index (χ3n) is 2.09. The first-order valence-electron chi connectivity index (χ1n) is 4.86. The molecule has 75 valence electrons. The van der Waals surface area contributed by atoms with E-state index in [-0.39, 0.29) is 0 Å². The largest absolute Gasteiger partial charge is 0.250 e. The smallest absolute Gasteiger partial charge is 0.101 e. The molecule has 0 aliphatic rings. The van der Waals surface area contributed by atoms with Crippen LogP contribution in [0.5, 0.6) is 0 Å². The lowest BCUT2D eigenvalue weighted by molar-refractivity contribution is 1.12. The van der Waals surface area contributed by atoms with Crippen molar-refractivity contribution in [3.63, 3.8) is 0 Å². The zero-order valence-corrected chi connectivity index (χ0v) is 9.20. The Morgan fingerprint density at radius 2 is 1.87 bits per heavy atom. The average molecular weight is 214 g/mol. The predicted molar refractivity (Wildman–Crippen MR) is 63.9 cm³/mol. The lowest BCUT2D eigenvalue weighted by atomic mass is 10.2. The molecule has 1 radical (unpaired) electrons. The van der Waals surface area contributed by atoms with Crippen LogP contribution in [0.2, 0.25) is 0 Å². The molecule has 0 unspecified atom stereocenters. The lowest BCUT2D eigenvalue weighted by Gasteiger charge is -2.05. The van der Waals surface area contributed by atoms with Gasteiger partial charge < -0.3 is 0 Å². The Morgan fingerprint density at radius 1 is 1.07 bits per heavy atom. The summed E-state index contributed by atoms with van der Waals surface area (Å²) >= 11 is 1.69. The molecule has 1 nitrogen and oxygen atoms in total. The topological polar surface area (TPSA) is 12.9 Å². The fourth-order valence-corrected chi connectivity index (χ4v) is 2.26. The van der Waals surface area contributed by atoms with Crippen LogP contribution < -0.4 is 0 Å². The van der Waals surface area contributed by atoms with Crippen LogP contribution in [0.1, 0.15) is 5.56 Å². The highest BCUT2D eigenvalue weighted by atomic mass is 32.2. The molecule has 0 amide bonds. The zero-order chi connectivity index (χ0) is 10.5. The van der Waals surface area contributed by atoms with Crippen molar-refractivity contribution in [1.82, 2.24) is 4.98 Å². The number of aromatic nitrogens is 1. The van der Waals surface area contributed by atoms with E-state index >= 15 is 0 Å². The van der Waals surface area contributed by atoms with Crippen molar-refractivity contribution in [1.29, 1.82) is 0 Å².